The first-order valence-corrected chi connectivity index (χ1v) is 43.9. The van der Waals surface area contributed by atoms with E-state index in [4.69, 9.17) is 4.74 Å². The van der Waals surface area contributed by atoms with E-state index >= 15 is 0 Å². The molecule has 6 heteroatoms. The number of unbranched alkanes of at least 4 members (excludes halogenated alkanes) is 66. The summed E-state index contributed by atoms with van der Waals surface area (Å²) in [5.41, 5.74) is 0. The van der Waals surface area contributed by atoms with Crippen LogP contribution in [0.15, 0.2) is 48.6 Å². The van der Waals surface area contributed by atoms with Crippen molar-refractivity contribution in [3.8, 4) is 0 Å². The van der Waals surface area contributed by atoms with Gasteiger partial charge in [-0.25, -0.2) is 0 Å². The Morgan fingerprint density at radius 2 is 0.521 bits per heavy atom. The Hall–Kier alpha value is -2.18. The molecule has 0 aliphatic carbocycles. The highest BCUT2D eigenvalue weighted by Gasteiger charge is 2.18. The normalized spacial score (nSPS) is 12.7. The molecule has 3 N–H and O–H groups in total. The number of amides is 1. The molecule has 0 aliphatic heterocycles. The van der Waals surface area contributed by atoms with Gasteiger partial charge in [0.15, 0.2) is 0 Å². The van der Waals surface area contributed by atoms with Crippen LogP contribution in [0, 0.1) is 0 Å². The maximum atomic E-state index is 12.6. The molecule has 0 rings (SSSR count). The van der Waals surface area contributed by atoms with E-state index in [9.17, 15) is 19.8 Å². The second-order valence-corrected chi connectivity index (χ2v) is 30.2. The lowest BCUT2D eigenvalue weighted by atomic mass is 10.0. The number of aliphatic hydroxyl groups excluding tert-OH is 2. The number of carbonyl (C=O) groups is 2. The molecule has 0 bridgehead atoms. The van der Waals surface area contributed by atoms with Crippen LogP contribution in [-0.4, -0.2) is 47.4 Å². The van der Waals surface area contributed by atoms with E-state index < -0.39 is 12.1 Å². The highest BCUT2D eigenvalue weighted by atomic mass is 16.5. The van der Waals surface area contributed by atoms with E-state index in [1.807, 2.05) is 6.08 Å². The van der Waals surface area contributed by atoms with Crippen LogP contribution in [-0.2, 0) is 14.3 Å². The Labute approximate surface area is 601 Å². The molecule has 2 unspecified atom stereocenters. The first-order chi connectivity index (χ1) is 47.5. The molecular weight excluding hydrogens is 1170 g/mol. The SMILES string of the molecule is CCCCCCCC/C=C\CCCCCCCCCCCC(=O)OCCCCCCCCCCCCCCC/C=C\C/C=C\CCCCCCCCCCCCCCCCCCCC(=O)NC(CO)C(O)/C=C/CCCCCCCCCCCCCCCCCCCCCCC. The molecule has 0 fully saturated rings. The van der Waals surface area contributed by atoms with Crippen molar-refractivity contribution in [3.63, 3.8) is 0 Å². The van der Waals surface area contributed by atoms with E-state index in [0.29, 0.717) is 19.4 Å². The van der Waals surface area contributed by atoms with Crippen molar-refractivity contribution < 1.29 is 24.5 Å². The quantitative estimate of drug-likeness (QED) is 0.0320. The van der Waals surface area contributed by atoms with Gasteiger partial charge in [0.05, 0.1) is 25.4 Å². The van der Waals surface area contributed by atoms with E-state index in [0.717, 1.165) is 44.9 Å². The van der Waals surface area contributed by atoms with Gasteiger partial charge in [-0.1, -0.05) is 435 Å². The summed E-state index contributed by atoms with van der Waals surface area (Å²) in [4.78, 5) is 24.7. The van der Waals surface area contributed by atoms with Gasteiger partial charge in [-0.15, -0.1) is 0 Å². The number of esters is 1. The summed E-state index contributed by atoms with van der Waals surface area (Å²) < 4.78 is 5.52. The highest BCUT2D eigenvalue weighted by molar-refractivity contribution is 5.76. The monoisotopic (exact) mass is 1350 g/mol. The van der Waals surface area contributed by atoms with Gasteiger partial charge in [-0.2, -0.15) is 0 Å². The number of ether oxygens (including phenoxy) is 1. The van der Waals surface area contributed by atoms with Crippen molar-refractivity contribution in [2.45, 2.75) is 501 Å². The molecular formula is C90H171NO5. The minimum atomic E-state index is -0.845. The Morgan fingerprint density at radius 1 is 0.292 bits per heavy atom. The number of rotatable bonds is 83. The highest BCUT2D eigenvalue weighted by Crippen LogP contribution is 2.20. The molecule has 0 heterocycles. The molecule has 566 valence electrons. The number of hydrogen-bond donors (Lipinski definition) is 3. The van der Waals surface area contributed by atoms with Gasteiger partial charge in [0.1, 0.15) is 0 Å². The molecule has 2 atom stereocenters. The largest absolute Gasteiger partial charge is 0.466 e. The Morgan fingerprint density at radius 3 is 0.802 bits per heavy atom. The third-order valence-electron chi connectivity index (χ3n) is 20.6. The number of hydrogen-bond acceptors (Lipinski definition) is 5. The van der Waals surface area contributed by atoms with Crippen LogP contribution in [0.5, 0.6) is 0 Å². The number of carbonyl (C=O) groups excluding carboxylic acids is 2. The minimum Gasteiger partial charge on any atom is -0.466 e. The van der Waals surface area contributed by atoms with Crippen molar-refractivity contribution in [3.05, 3.63) is 48.6 Å². The van der Waals surface area contributed by atoms with Gasteiger partial charge < -0.3 is 20.3 Å². The fourth-order valence-corrected chi connectivity index (χ4v) is 13.9. The summed E-state index contributed by atoms with van der Waals surface area (Å²) in [6.07, 6.45) is 114. The topological polar surface area (TPSA) is 95.9 Å². The molecule has 0 aliphatic rings. The molecule has 0 saturated heterocycles. The summed E-state index contributed by atoms with van der Waals surface area (Å²) in [5, 5.41) is 23.3. The third-order valence-corrected chi connectivity index (χ3v) is 20.6. The summed E-state index contributed by atoms with van der Waals surface area (Å²) in [6.45, 7) is 4.96. The zero-order valence-corrected chi connectivity index (χ0v) is 65.1. The van der Waals surface area contributed by atoms with E-state index in [1.54, 1.807) is 6.08 Å². The Bertz CT molecular complexity index is 1600. The van der Waals surface area contributed by atoms with Crippen molar-refractivity contribution >= 4 is 11.9 Å². The lowest BCUT2D eigenvalue weighted by Crippen LogP contribution is -2.45. The van der Waals surface area contributed by atoms with E-state index in [1.165, 1.54) is 417 Å². The summed E-state index contributed by atoms with van der Waals surface area (Å²) in [7, 11) is 0. The van der Waals surface area contributed by atoms with Crippen molar-refractivity contribution in [2.24, 2.45) is 0 Å². The average Bonchev–Trinajstić information content (AvgIpc) is 3.69. The third kappa shape index (κ3) is 80.8. The fraction of sp³-hybridized carbons (Fsp3) is 0.889. The first kappa shape index (κ1) is 93.8. The average molecular weight is 1350 g/mol. The molecule has 96 heavy (non-hydrogen) atoms. The molecule has 0 saturated carbocycles. The molecule has 0 aromatic carbocycles. The number of allylic oxidation sites excluding steroid dienone is 7. The van der Waals surface area contributed by atoms with Crippen molar-refractivity contribution in [1.82, 2.24) is 5.32 Å². The van der Waals surface area contributed by atoms with E-state index in [2.05, 4.69) is 55.6 Å². The molecule has 1 amide bonds. The van der Waals surface area contributed by atoms with Crippen LogP contribution in [0.3, 0.4) is 0 Å². The molecule has 6 nitrogen and oxygen atoms in total. The lowest BCUT2D eigenvalue weighted by Gasteiger charge is -2.20. The van der Waals surface area contributed by atoms with Crippen LogP contribution < -0.4 is 5.32 Å². The zero-order chi connectivity index (χ0) is 69.1. The van der Waals surface area contributed by atoms with Gasteiger partial charge in [-0.05, 0) is 89.9 Å². The van der Waals surface area contributed by atoms with Gasteiger partial charge in [0.25, 0.3) is 0 Å². The van der Waals surface area contributed by atoms with Crippen LogP contribution in [0.25, 0.3) is 0 Å². The maximum absolute atomic E-state index is 12.6. The lowest BCUT2D eigenvalue weighted by molar-refractivity contribution is -0.143. The second-order valence-electron chi connectivity index (χ2n) is 30.2. The van der Waals surface area contributed by atoms with Crippen LogP contribution in [0.2, 0.25) is 0 Å². The predicted molar refractivity (Wildman–Crippen MR) is 426 cm³/mol. The van der Waals surface area contributed by atoms with Gasteiger partial charge in [0, 0.05) is 12.8 Å². The Balaban J connectivity index is 3.37. The molecule has 0 spiro atoms. The summed E-state index contributed by atoms with van der Waals surface area (Å²) in [6, 6.07) is -0.628. The van der Waals surface area contributed by atoms with Gasteiger partial charge >= 0.3 is 5.97 Å². The molecule has 0 aromatic heterocycles. The first-order valence-electron chi connectivity index (χ1n) is 43.9. The summed E-state index contributed by atoms with van der Waals surface area (Å²) in [5.74, 6) is -0.0413. The standard InChI is InChI=1S/C90H171NO5/c1-3-5-7-9-11-13-15-17-19-21-23-24-40-43-47-50-54-58-62-66-70-74-78-82-88(93)87(86-92)91-89(94)83-79-75-71-67-63-59-55-51-48-44-41-38-36-34-32-30-28-26-25-27-29-31-33-35-37-39-42-45-49-53-57-61-65-69-73-77-81-85-96-90(95)84-80-76-72-68-64-60-56-52-46-22-20-18-16-14-12-10-8-6-4-2/h18,20,25,27,31,33,78,82,87-88,92-93H,3-17,19,21-24,26,28-30,32,34-77,79-81,83-86H2,1-2H3,(H,91,94)/b20-18-,27-25-,33-31-,82-78+. The van der Waals surface area contributed by atoms with Crippen LogP contribution >= 0.6 is 0 Å². The van der Waals surface area contributed by atoms with Crippen molar-refractivity contribution in [2.75, 3.05) is 13.2 Å². The molecule has 0 aromatic rings. The minimum absolute atomic E-state index is 0.0190. The second kappa shape index (κ2) is 85.2. The van der Waals surface area contributed by atoms with Crippen LogP contribution in [0.1, 0.15) is 489 Å². The zero-order valence-electron chi connectivity index (χ0n) is 65.1. The van der Waals surface area contributed by atoms with E-state index in [-0.39, 0.29) is 18.5 Å². The van der Waals surface area contributed by atoms with Gasteiger partial charge in [0.2, 0.25) is 5.91 Å². The smallest absolute Gasteiger partial charge is 0.305 e. The number of nitrogens with one attached hydrogen (secondary N) is 1. The fourth-order valence-electron chi connectivity index (χ4n) is 13.9. The van der Waals surface area contributed by atoms with Crippen LogP contribution in [0.4, 0.5) is 0 Å². The predicted octanol–water partition coefficient (Wildman–Crippen LogP) is 29.5. The number of aliphatic hydroxyl groups is 2. The molecule has 0 radical (unpaired) electrons. The summed E-state index contributed by atoms with van der Waals surface area (Å²) >= 11 is 0. The van der Waals surface area contributed by atoms with Gasteiger partial charge in [-0.3, -0.25) is 9.59 Å². The van der Waals surface area contributed by atoms with Crippen molar-refractivity contribution in [1.29, 1.82) is 0 Å². The Kier molecular flexibility index (Phi) is 83.3. The maximum Gasteiger partial charge on any atom is 0.305 e.